The van der Waals surface area contributed by atoms with Gasteiger partial charge in [0.2, 0.25) is 0 Å². The van der Waals surface area contributed by atoms with Gasteiger partial charge in [-0.15, -0.1) is 0 Å². The van der Waals surface area contributed by atoms with Crippen molar-refractivity contribution < 1.29 is 4.79 Å². The van der Waals surface area contributed by atoms with E-state index in [9.17, 15) is 4.79 Å². The fraction of sp³-hybridized carbons (Fsp3) is 0.100. The molecule has 0 heterocycles. The molecule has 1 rings (SSSR count). The first-order valence-electron chi connectivity index (χ1n) is 4.07. The van der Waals surface area contributed by atoms with Crippen LogP contribution in [-0.4, -0.2) is 12.5 Å². The topological polar surface area (TPSA) is 29.1 Å². The summed E-state index contributed by atoms with van der Waals surface area (Å²) in [6, 6.07) is 5.19. The Kier molecular flexibility index (Phi) is 5.08. The van der Waals surface area contributed by atoms with E-state index < -0.39 is 0 Å². The van der Waals surface area contributed by atoms with Crippen molar-refractivity contribution in [2.75, 3.05) is 6.54 Å². The van der Waals surface area contributed by atoms with Gasteiger partial charge in [0, 0.05) is 20.2 Å². The first kappa shape index (κ1) is 13.0. The zero-order valence-electron chi connectivity index (χ0n) is 7.69. The molecule has 2 nitrogen and oxygen atoms in total. The summed E-state index contributed by atoms with van der Waals surface area (Å²) in [5.74, 6) is -0.158. The van der Waals surface area contributed by atoms with Gasteiger partial charge in [-0.2, -0.15) is 0 Å². The smallest absolute Gasteiger partial charge is 0.251 e. The van der Waals surface area contributed by atoms with Crippen LogP contribution in [0.1, 0.15) is 10.4 Å². The first-order chi connectivity index (χ1) is 7.00. The predicted molar refractivity (Wildman–Crippen MR) is 74.6 cm³/mol. The molecule has 5 heteroatoms. The van der Waals surface area contributed by atoms with Crippen molar-refractivity contribution in [1.82, 2.24) is 5.32 Å². The van der Waals surface area contributed by atoms with Gasteiger partial charge in [-0.3, -0.25) is 4.79 Å². The molecule has 0 radical (unpaired) electrons. The zero-order chi connectivity index (χ0) is 11.4. The Morgan fingerprint density at radius 1 is 1.60 bits per heavy atom. The van der Waals surface area contributed by atoms with Crippen LogP contribution in [0.2, 0.25) is 5.02 Å². The number of hydrogen-bond acceptors (Lipinski definition) is 1. The number of amides is 1. The Morgan fingerprint density at radius 3 is 2.80 bits per heavy atom. The summed E-state index contributed by atoms with van der Waals surface area (Å²) in [4.78, 5) is 11.6. The number of halogens is 3. The Balaban J connectivity index is 2.74. The normalized spacial score (nSPS) is 9.80. The minimum absolute atomic E-state index is 0.158. The van der Waals surface area contributed by atoms with E-state index in [2.05, 4.69) is 50.4 Å². The summed E-state index contributed by atoms with van der Waals surface area (Å²) in [7, 11) is 0. The Hall–Kier alpha value is -0.0700. The molecule has 0 saturated heterocycles. The molecule has 0 atom stereocenters. The quantitative estimate of drug-likeness (QED) is 0.772. The van der Waals surface area contributed by atoms with Crippen LogP contribution in [0.15, 0.2) is 29.3 Å². The Bertz CT molecular complexity index is 408. The minimum atomic E-state index is -0.158. The van der Waals surface area contributed by atoms with E-state index in [-0.39, 0.29) is 5.91 Å². The third-order valence-corrected chi connectivity index (χ3v) is 3.48. The van der Waals surface area contributed by atoms with Crippen molar-refractivity contribution in [1.29, 1.82) is 0 Å². The van der Waals surface area contributed by atoms with Crippen LogP contribution < -0.4 is 5.32 Å². The number of benzene rings is 1. The van der Waals surface area contributed by atoms with Gasteiger partial charge in [0.1, 0.15) is 0 Å². The van der Waals surface area contributed by atoms with Gasteiger partial charge in [-0.1, -0.05) is 34.1 Å². The summed E-state index contributed by atoms with van der Waals surface area (Å²) in [5.41, 5.74) is 0.550. The molecule has 0 aliphatic carbocycles. The number of carbonyl (C=O) groups excluding carboxylic acids is 1. The largest absolute Gasteiger partial charge is 0.347 e. The summed E-state index contributed by atoms with van der Waals surface area (Å²) in [6.07, 6.45) is 0. The molecule has 0 unspecified atom stereocenters. The van der Waals surface area contributed by atoms with Crippen LogP contribution in [0.3, 0.4) is 0 Å². The van der Waals surface area contributed by atoms with E-state index in [0.29, 0.717) is 17.1 Å². The molecular formula is C10H8BrClINO. The predicted octanol–water partition coefficient (Wildman–Crippen LogP) is 3.58. The highest BCUT2D eigenvalue weighted by Gasteiger charge is 2.06. The molecule has 0 aromatic heterocycles. The highest BCUT2D eigenvalue weighted by Crippen LogP contribution is 2.19. The molecule has 1 aromatic carbocycles. The molecule has 15 heavy (non-hydrogen) atoms. The fourth-order valence-electron chi connectivity index (χ4n) is 0.916. The molecule has 0 aliphatic heterocycles. The number of hydrogen-bond donors (Lipinski definition) is 1. The zero-order valence-corrected chi connectivity index (χ0v) is 12.2. The van der Waals surface area contributed by atoms with Gasteiger partial charge in [0.15, 0.2) is 0 Å². The maximum Gasteiger partial charge on any atom is 0.251 e. The summed E-state index contributed by atoms with van der Waals surface area (Å²) < 4.78 is 1.66. The van der Waals surface area contributed by atoms with Crippen molar-refractivity contribution in [3.8, 4) is 0 Å². The van der Waals surface area contributed by atoms with Crippen LogP contribution in [0, 0.1) is 3.57 Å². The summed E-state index contributed by atoms with van der Waals surface area (Å²) >= 11 is 11.2. The van der Waals surface area contributed by atoms with E-state index in [1.165, 1.54) is 0 Å². The van der Waals surface area contributed by atoms with Crippen molar-refractivity contribution in [2.24, 2.45) is 0 Å². The van der Waals surface area contributed by atoms with Crippen LogP contribution in [-0.2, 0) is 0 Å². The lowest BCUT2D eigenvalue weighted by Gasteiger charge is -2.04. The number of carbonyl (C=O) groups is 1. The van der Waals surface area contributed by atoms with Crippen molar-refractivity contribution in [2.45, 2.75) is 0 Å². The van der Waals surface area contributed by atoms with Gasteiger partial charge in [0.25, 0.3) is 5.91 Å². The Labute approximate surface area is 115 Å². The fourth-order valence-corrected chi connectivity index (χ4v) is 1.57. The second kappa shape index (κ2) is 5.86. The van der Waals surface area contributed by atoms with E-state index in [0.717, 1.165) is 8.05 Å². The van der Waals surface area contributed by atoms with Gasteiger partial charge >= 0.3 is 0 Å². The molecule has 1 aromatic rings. The Morgan fingerprint density at radius 2 is 2.27 bits per heavy atom. The average Bonchev–Trinajstić information content (AvgIpc) is 2.18. The molecule has 0 bridgehead atoms. The van der Waals surface area contributed by atoms with Crippen molar-refractivity contribution in [3.05, 3.63) is 43.4 Å². The van der Waals surface area contributed by atoms with Crippen molar-refractivity contribution >= 4 is 56.0 Å². The third-order valence-electron chi connectivity index (χ3n) is 1.62. The maximum atomic E-state index is 11.6. The van der Waals surface area contributed by atoms with Crippen molar-refractivity contribution in [3.63, 3.8) is 0 Å². The third kappa shape index (κ3) is 4.12. The summed E-state index contributed by atoms with van der Waals surface area (Å²) in [5, 5.41) is 3.28. The monoisotopic (exact) mass is 399 g/mol. The second-order valence-corrected chi connectivity index (χ2v) is 5.52. The molecule has 0 aliphatic rings. The lowest BCUT2D eigenvalue weighted by molar-refractivity contribution is 0.0958. The molecule has 0 saturated carbocycles. The van der Waals surface area contributed by atoms with Crippen LogP contribution in [0.5, 0.6) is 0 Å². The van der Waals surface area contributed by atoms with Crippen LogP contribution in [0.4, 0.5) is 0 Å². The van der Waals surface area contributed by atoms with Gasteiger partial charge < -0.3 is 5.32 Å². The van der Waals surface area contributed by atoms with E-state index in [4.69, 9.17) is 11.6 Å². The average molecular weight is 400 g/mol. The highest BCUT2D eigenvalue weighted by molar-refractivity contribution is 14.1. The summed E-state index contributed by atoms with van der Waals surface area (Å²) in [6.45, 7) is 4.03. The lowest BCUT2D eigenvalue weighted by Crippen LogP contribution is -2.24. The van der Waals surface area contributed by atoms with Gasteiger partial charge in [-0.25, -0.2) is 0 Å². The second-order valence-electron chi connectivity index (χ2n) is 2.83. The highest BCUT2D eigenvalue weighted by atomic mass is 127. The van der Waals surface area contributed by atoms with Crippen LogP contribution >= 0.6 is 50.1 Å². The van der Waals surface area contributed by atoms with Crippen LogP contribution in [0.25, 0.3) is 0 Å². The molecular weight excluding hydrogens is 392 g/mol. The standard InChI is InChI=1S/C10H8BrClINO/c1-6(11)5-14-10(15)7-2-3-9(13)8(12)4-7/h2-4H,1,5H2,(H,14,15). The lowest BCUT2D eigenvalue weighted by atomic mass is 10.2. The minimum Gasteiger partial charge on any atom is -0.347 e. The van der Waals surface area contributed by atoms with E-state index in [1.54, 1.807) is 18.2 Å². The van der Waals surface area contributed by atoms with Gasteiger partial charge in [-0.05, 0) is 40.8 Å². The molecule has 0 spiro atoms. The molecule has 1 amide bonds. The van der Waals surface area contributed by atoms with E-state index >= 15 is 0 Å². The van der Waals surface area contributed by atoms with Gasteiger partial charge in [0.05, 0.1) is 5.02 Å². The molecule has 1 N–H and O–H groups in total. The molecule has 80 valence electrons. The maximum absolute atomic E-state index is 11.6. The van der Waals surface area contributed by atoms with E-state index in [1.807, 2.05) is 0 Å². The number of nitrogens with one attached hydrogen (secondary N) is 1. The molecule has 0 fully saturated rings. The number of rotatable bonds is 3. The first-order valence-corrected chi connectivity index (χ1v) is 6.32. The SMILES string of the molecule is C=C(Br)CNC(=O)c1ccc(I)c(Cl)c1.